The van der Waals surface area contributed by atoms with Crippen LogP contribution in [0.4, 0.5) is 10.5 Å². The number of benzene rings is 1. The fraction of sp³-hybridized carbons (Fsp3) is 0.429. The molecule has 0 aliphatic heterocycles. The molecule has 0 aliphatic carbocycles. The Balaban J connectivity index is 2.74. The Morgan fingerprint density at radius 2 is 2.05 bits per heavy atom. The lowest BCUT2D eigenvalue weighted by Crippen LogP contribution is -2.32. The van der Waals surface area contributed by atoms with E-state index in [1.54, 1.807) is 32.9 Å². The molecule has 0 bridgehead atoms. The summed E-state index contributed by atoms with van der Waals surface area (Å²) in [7, 11) is 0. The third-order valence-corrected chi connectivity index (χ3v) is 2.81. The predicted molar refractivity (Wildman–Crippen MR) is 80.6 cm³/mol. The van der Waals surface area contributed by atoms with Crippen molar-refractivity contribution in [3.8, 4) is 0 Å². The maximum atomic E-state index is 11.6. The number of anilines is 1. The van der Waals surface area contributed by atoms with Crippen LogP contribution in [0.15, 0.2) is 18.2 Å². The van der Waals surface area contributed by atoms with Crippen LogP contribution in [0.1, 0.15) is 26.3 Å². The summed E-state index contributed by atoms with van der Waals surface area (Å²) in [6.07, 6.45) is -0.477. The summed E-state index contributed by atoms with van der Waals surface area (Å²) >= 11 is 6.05. The van der Waals surface area contributed by atoms with Crippen molar-refractivity contribution in [2.45, 2.75) is 38.8 Å². The van der Waals surface area contributed by atoms with Crippen LogP contribution in [0.25, 0.3) is 0 Å². The summed E-state index contributed by atoms with van der Waals surface area (Å²) in [5.74, 6) is -1.10. The zero-order chi connectivity index (χ0) is 16.2. The largest absolute Gasteiger partial charge is 0.480 e. The van der Waals surface area contributed by atoms with Gasteiger partial charge in [-0.05, 0) is 44.9 Å². The molecule has 6 nitrogen and oxygen atoms in total. The van der Waals surface area contributed by atoms with Crippen molar-refractivity contribution in [1.82, 2.24) is 0 Å². The van der Waals surface area contributed by atoms with Gasteiger partial charge in [0.1, 0.15) is 11.6 Å². The monoisotopic (exact) mass is 314 g/mol. The molecule has 21 heavy (non-hydrogen) atoms. The number of rotatable bonds is 4. The molecule has 1 aromatic rings. The SMILES string of the molecule is CC(C)(C)OC(=O)Nc1ccc(CC(N)C(=O)O)c(Cl)c1. The van der Waals surface area contributed by atoms with Crippen LogP contribution in [0.3, 0.4) is 0 Å². The van der Waals surface area contributed by atoms with E-state index in [1.807, 2.05) is 0 Å². The number of nitrogens with two attached hydrogens (primary N) is 1. The highest BCUT2D eigenvalue weighted by Crippen LogP contribution is 2.22. The van der Waals surface area contributed by atoms with E-state index in [0.717, 1.165) is 0 Å². The molecular weight excluding hydrogens is 296 g/mol. The topological polar surface area (TPSA) is 102 Å². The number of halogens is 1. The number of aliphatic carboxylic acids is 1. The fourth-order valence-electron chi connectivity index (χ4n) is 1.54. The Morgan fingerprint density at radius 3 is 2.52 bits per heavy atom. The number of carbonyl (C=O) groups excluding carboxylic acids is 1. The van der Waals surface area contributed by atoms with Gasteiger partial charge in [0.2, 0.25) is 0 Å². The second-order valence-electron chi connectivity index (χ2n) is 5.58. The van der Waals surface area contributed by atoms with Crippen LogP contribution in [-0.4, -0.2) is 28.8 Å². The molecule has 0 saturated carbocycles. The quantitative estimate of drug-likeness (QED) is 0.793. The average Bonchev–Trinajstić information content (AvgIpc) is 2.29. The first kappa shape index (κ1) is 17.3. The van der Waals surface area contributed by atoms with E-state index < -0.39 is 23.7 Å². The molecule has 0 spiro atoms. The van der Waals surface area contributed by atoms with Crippen molar-refractivity contribution >= 4 is 29.4 Å². The standard InChI is InChI=1S/C14H19ClN2O4/c1-14(2,3)21-13(20)17-9-5-4-8(10(15)7-9)6-11(16)12(18)19/h4-5,7,11H,6,16H2,1-3H3,(H,17,20)(H,18,19). The molecule has 0 aliphatic rings. The van der Waals surface area contributed by atoms with Gasteiger partial charge in [0.25, 0.3) is 0 Å². The van der Waals surface area contributed by atoms with Crippen LogP contribution in [-0.2, 0) is 16.0 Å². The highest BCUT2D eigenvalue weighted by Gasteiger charge is 2.17. The first-order valence-corrected chi connectivity index (χ1v) is 6.73. The highest BCUT2D eigenvalue weighted by molar-refractivity contribution is 6.31. The Labute approximate surface area is 128 Å². The van der Waals surface area contributed by atoms with E-state index in [2.05, 4.69) is 5.32 Å². The van der Waals surface area contributed by atoms with Crippen molar-refractivity contribution in [1.29, 1.82) is 0 Å². The van der Waals surface area contributed by atoms with E-state index >= 15 is 0 Å². The fourth-order valence-corrected chi connectivity index (χ4v) is 1.79. The lowest BCUT2D eigenvalue weighted by molar-refractivity contribution is -0.138. The number of amides is 1. The van der Waals surface area contributed by atoms with Crippen molar-refractivity contribution in [3.63, 3.8) is 0 Å². The molecule has 116 valence electrons. The van der Waals surface area contributed by atoms with Crippen LogP contribution < -0.4 is 11.1 Å². The molecule has 1 rings (SSSR count). The van der Waals surface area contributed by atoms with Crippen LogP contribution in [0.2, 0.25) is 5.02 Å². The first-order valence-electron chi connectivity index (χ1n) is 6.35. The molecule has 1 atom stereocenters. The second-order valence-corrected chi connectivity index (χ2v) is 5.99. The summed E-state index contributed by atoms with van der Waals surface area (Å²) in [5.41, 5.74) is 5.92. The van der Waals surface area contributed by atoms with Crippen molar-refractivity contribution < 1.29 is 19.4 Å². The molecular formula is C14H19ClN2O4. The third-order valence-electron chi connectivity index (χ3n) is 2.46. The van der Waals surface area contributed by atoms with E-state index in [0.29, 0.717) is 16.3 Å². The maximum Gasteiger partial charge on any atom is 0.412 e. The molecule has 0 fully saturated rings. The molecule has 4 N–H and O–H groups in total. The number of carboxylic acids is 1. The van der Waals surface area contributed by atoms with Crippen LogP contribution in [0.5, 0.6) is 0 Å². The summed E-state index contributed by atoms with van der Waals surface area (Å²) < 4.78 is 5.12. The Hall–Kier alpha value is -1.79. The number of carbonyl (C=O) groups is 2. The van der Waals surface area contributed by atoms with Crippen molar-refractivity contribution in [2.24, 2.45) is 5.73 Å². The number of nitrogens with one attached hydrogen (secondary N) is 1. The summed E-state index contributed by atoms with van der Waals surface area (Å²) in [4.78, 5) is 22.3. The van der Waals surface area contributed by atoms with E-state index in [-0.39, 0.29) is 6.42 Å². The van der Waals surface area contributed by atoms with Gasteiger partial charge in [-0.1, -0.05) is 17.7 Å². The van der Waals surface area contributed by atoms with Crippen molar-refractivity contribution in [2.75, 3.05) is 5.32 Å². The molecule has 1 aromatic carbocycles. The Morgan fingerprint density at radius 1 is 1.43 bits per heavy atom. The van der Waals surface area contributed by atoms with Gasteiger partial charge in [0.05, 0.1) is 0 Å². The minimum absolute atomic E-state index is 0.112. The summed E-state index contributed by atoms with van der Waals surface area (Å²) in [6, 6.07) is 3.74. The molecule has 1 amide bonds. The molecule has 0 aromatic heterocycles. The molecule has 0 radical (unpaired) electrons. The van der Waals surface area contributed by atoms with Crippen molar-refractivity contribution in [3.05, 3.63) is 28.8 Å². The lowest BCUT2D eigenvalue weighted by atomic mass is 10.1. The number of carboxylic acid groups (broad SMARTS) is 1. The third kappa shape index (κ3) is 6.01. The zero-order valence-electron chi connectivity index (χ0n) is 12.1. The Bertz CT molecular complexity index is 540. The van der Waals surface area contributed by atoms with E-state index in [4.69, 9.17) is 27.2 Å². The average molecular weight is 315 g/mol. The summed E-state index contributed by atoms with van der Waals surface area (Å²) in [6.45, 7) is 5.28. The van der Waals surface area contributed by atoms with E-state index in [9.17, 15) is 9.59 Å². The first-order chi connectivity index (χ1) is 9.58. The van der Waals surface area contributed by atoms with Gasteiger partial charge in [-0.15, -0.1) is 0 Å². The number of ether oxygens (including phenoxy) is 1. The van der Waals surface area contributed by atoms with Gasteiger partial charge in [-0.2, -0.15) is 0 Å². The normalized spacial score (nSPS) is 12.6. The van der Waals surface area contributed by atoms with Gasteiger partial charge < -0.3 is 15.6 Å². The molecule has 0 saturated heterocycles. The summed E-state index contributed by atoms with van der Waals surface area (Å²) in [5, 5.41) is 11.7. The lowest BCUT2D eigenvalue weighted by Gasteiger charge is -2.20. The van der Waals surface area contributed by atoms with Gasteiger partial charge in [-0.3, -0.25) is 10.1 Å². The minimum atomic E-state index is -1.10. The molecule has 7 heteroatoms. The predicted octanol–water partition coefficient (Wildman–Crippen LogP) is 2.64. The maximum absolute atomic E-state index is 11.6. The Kier molecular flexibility index (Phi) is 5.57. The van der Waals surface area contributed by atoms with Crippen LogP contribution in [0, 0.1) is 0 Å². The highest BCUT2D eigenvalue weighted by atomic mass is 35.5. The number of hydrogen-bond donors (Lipinski definition) is 3. The minimum Gasteiger partial charge on any atom is -0.480 e. The van der Waals surface area contributed by atoms with Gasteiger partial charge in [0.15, 0.2) is 0 Å². The molecule has 0 heterocycles. The molecule has 1 unspecified atom stereocenters. The van der Waals surface area contributed by atoms with Gasteiger partial charge in [-0.25, -0.2) is 4.79 Å². The number of hydrogen-bond acceptors (Lipinski definition) is 4. The second kappa shape index (κ2) is 6.78. The smallest absolute Gasteiger partial charge is 0.412 e. The van der Waals surface area contributed by atoms with Crippen LogP contribution >= 0.6 is 11.6 Å². The zero-order valence-corrected chi connectivity index (χ0v) is 12.9. The van der Waals surface area contributed by atoms with E-state index in [1.165, 1.54) is 6.07 Å². The van der Waals surface area contributed by atoms with Gasteiger partial charge >= 0.3 is 12.1 Å². The van der Waals surface area contributed by atoms with Gasteiger partial charge in [0, 0.05) is 10.7 Å².